The van der Waals surface area contributed by atoms with E-state index in [9.17, 15) is 14.4 Å². The number of allylic oxidation sites excluding steroid dienone is 1. The smallest absolute Gasteiger partial charge is 0.302 e. The largest absolute Gasteiger partial charge is 0.462 e. The zero-order valence-electron chi connectivity index (χ0n) is 34.2. The van der Waals surface area contributed by atoms with Gasteiger partial charge in [0.25, 0.3) is 0 Å². The minimum Gasteiger partial charge on any atom is -0.462 e. The standard InChI is InChI=1S/C31H49NO4.C2H7P.4C2H6/c1-18(2)26-24(34)17-31(28(32)35)16-15-30(7)23(27(26)31)9-8-13-29(30,6)14-12-22-19(3)10-11-25(20(22)4)36-21(5)33;1-3-2;4*1-2/h18-20,22-23,25H,8-17H2,1-7H3,(H2,32,35);3H,1-2H3;4*1-2H3/t19?,20?,22?,23?,25?,29?,30-,31?;;;;;/m1...../s1. The summed E-state index contributed by atoms with van der Waals surface area (Å²) in [5.74, 6) is 1.58. The zero-order valence-corrected chi connectivity index (χ0v) is 35.2. The van der Waals surface area contributed by atoms with Crippen molar-refractivity contribution in [3.8, 4) is 0 Å². The molecule has 5 nitrogen and oxygen atoms in total. The molecule has 4 rings (SSSR count). The molecule has 4 aliphatic carbocycles. The van der Waals surface area contributed by atoms with Crippen LogP contribution < -0.4 is 5.73 Å². The van der Waals surface area contributed by atoms with Crippen molar-refractivity contribution in [3.05, 3.63) is 11.1 Å². The number of fused-ring (bicyclic) bond motifs is 3. The van der Waals surface area contributed by atoms with Gasteiger partial charge >= 0.3 is 5.97 Å². The molecule has 7 unspecified atom stereocenters. The summed E-state index contributed by atoms with van der Waals surface area (Å²) >= 11 is 0. The molecule has 1 amide bonds. The van der Waals surface area contributed by atoms with E-state index in [0.717, 1.165) is 64.7 Å². The number of ketones is 1. The number of nitrogens with two attached hydrogens (primary N) is 1. The second-order valence-electron chi connectivity index (χ2n) is 14.2. The van der Waals surface area contributed by atoms with Crippen LogP contribution in [0, 0.1) is 45.8 Å². The topological polar surface area (TPSA) is 86.5 Å². The van der Waals surface area contributed by atoms with E-state index >= 15 is 0 Å². The first-order valence-electron chi connectivity index (χ1n) is 19.5. The summed E-state index contributed by atoms with van der Waals surface area (Å²) in [6.45, 7) is 35.6. The Kier molecular flexibility index (Phi) is 22.9. The molecule has 4 aliphatic rings. The number of primary amides is 1. The maximum Gasteiger partial charge on any atom is 0.302 e. The summed E-state index contributed by atoms with van der Waals surface area (Å²) in [7, 11) is 1.08. The SMILES string of the molecule is CC.CC.CC.CC.CC(=O)OC1CCC(C)C(CCC2(C)CCCC3C4=C(C(C)C)C(=O)CC4(C(N)=O)CC[C@]32C)C1C.CPC. The van der Waals surface area contributed by atoms with Gasteiger partial charge in [0.2, 0.25) is 5.91 Å². The van der Waals surface area contributed by atoms with E-state index in [0.29, 0.717) is 24.2 Å². The van der Waals surface area contributed by atoms with Crippen molar-refractivity contribution >= 4 is 26.2 Å². The number of Topliss-reactive ketones (excluding diaryl/α,β-unsaturated/α-hetero) is 1. The van der Waals surface area contributed by atoms with Gasteiger partial charge in [-0.1, -0.05) is 103 Å². The maximum absolute atomic E-state index is 13.2. The molecule has 0 radical (unpaired) electrons. The van der Waals surface area contributed by atoms with Crippen molar-refractivity contribution in [2.24, 2.45) is 51.6 Å². The first-order valence-corrected chi connectivity index (χ1v) is 21.5. The van der Waals surface area contributed by atoms with Gasteiger partial charge in [-0.25, -0.2) is 0 Å². The lowest BCUT2D eigenvalue weighted by Crippen LogP contribution is -2.55. The van der Waals surface area contributed by atoms with Crippen LogP contribution >= 0.6 is 8.58 Å². The molecule has 47 heavy (non-hydrogen) atoms. The first kappa shape index (κ1) is 47.9. The molecule has 2 N–H and O–H groups in total. The Morgan fingerprint density at radius 1 is 0.915 bits per heavy atom. The minimum atomic E-state index is -0.761. The zero-order chi connectivity index (χ0) is 37.3. The van der Waals surface area contributed by atoms with E-state index in [1.807, 2.05) is 55.4 Å². The van der Waals surface area contributed by atoms with Crippen molar-refractivity contribution in [1.82, 2.24) is 0 Å². The Balaban J connectivity index is 0. The van der Waals surface area contributed by atoms with Crippen molar-refractivity contribution in [1.29, 1.82) is 0 Å². The normalized spacial score (nSPS) is 33.7. The third kappa shape index (κ3) is 10.6. The molecule has 3 fully saturated rings. The Bertz CT molecular complexity index is 976. The van der Waals surface area contributed by atoms with Gasteiger partial charge in [0.05, 0.1) is 5.41 Å². The number of amides is 1. The van der Waals surface area contributed by atoms with Gasteiger partial charge in [-0.15, -0.1) is 8.58 Å². The Morgan fingerprint density at radius 2 is 1.45 bits per heavy atom. The molecule has 0 aromatic heterocycles. The number of carbonyl (C=O) groups excluding carboxylic acids is 3. The van der Waals surface area contributed by atoms with Gasteiger partial charge in [-0.2, -0.15) is 0 Å². The molecular weight excluding hydrogens is 601 g/mol. The maximum atomic E-state index is 13.2. The van der Waals surface area contributed by atoms with Gasteiger partial charge in [-0.05, 0) is 116 Å². The second-order valence-corrected chi connectivity index (χ2v) is 15.2. The van der Waals surface area contributed by atoms with Crippen molar-refractivity contribution in [2.45, 2.75) is 174 Å². The predicted molar refractivity (Wildman–Crippen MR) is 207 cm³/mol. The van der Waals surface area contributed by atoms with Gasteiger partial charge < -0.3 is 10.5 Å². The quantitative estimate of drug-likeness (QED) is 0.223. The van der Waals surface area contributed by atoms with Crippen LogP contribution in [-0.4, -0.2) is 37.1 Å². The molecule has 0 heterocycles. The molecular formula is C41H80NO4P. The van der Waals surface area contributed by atoms with Crippen molar-refractivity contribution in [3.63, 3.8) is 0 Å². The summed E-state index contributed by atoms with van der Waals surface area (Å²) in [6, 6.07) is 0. The van der Waals surface area contributed by atoms with Crippen molar-refractivity contribution in [2.75, 3.05) is 13.3 Å². The average Bonchev–Trinajstić information content (AvgIpc) is 3.37. The number of carbonyl (C=O) groups is 3. The lowest BCUT2D eigenvalue weighted by atomic mass is 9.43. The average molecular weight is 682 g/mol. The fourth-order valence-corrected chi connectivity index (χ4v) is 9.25. The number of esters is 1. The molecule has 0 spiro atoms. The number of hydrogen-bond acceptors (Lipinski definition) is 4. The third-order valence-electron chi connectivity index (χ3n) is 11.7. The Hall–Kier alpha value is -1.22. The third-order valence-corrected chi connectivity index (χ3v) is 11.7. The summed E-state index contributed by atoms with van der Waals surface area (Å²) < 4.78 is 5.71. The Morgan fingerprint density at radius 3 is 1.91 bits per heavy atom. The van der Waals surface area contributed by atoms with Crippen LogP contribution in [0.25, 0.3) is 0 Å². The van der Waals surface area contributed by atoms with Crippen LogP contribution in [0.5, 0.6) is 0 Å². The van der Waals surface area contributed by atoms with Gasteiger partial charge in [0, 0.05) is 13.3 Å². The highest BCUT2D eigenvalue weighted by atomic mass is 31.1. The van der Waals surface area contributed by atoms with E-state index in [-0.39, 0.29) is 52.9 Å². The molecule has 0 aliphatic heterocycles. The lowest BCUT2D eigenvalue weighted by molar-refractivity contribution is -0.153. The van der Waals surface area contributed by atoms with E-state index < -0.39 is 5.41 Å². The molecule has 6 heteroatoms. The van der Waals surface area contributed by atoms with Crippen LogP contribution in [0.4, 0.5) is 0 Å². The molecule has 0 aromatic carbocycles. The van der Waals surface area contributed by atoms with E-state index in [4.69, 9.17) is 10.5 Å². The first-order chi connectivity index (χ1) is 22.2. The van der Waals surface area contributed by atoms with Crippen LogP contribution in [0.15, 0.2) is 11.1 Å². The monoisotopic (exact) mass is 682 g/mol. The highest BCUT2D eigenvalue weighted by molar-refractivity contribution is 7.35. The van der Waals surface area contributed by atoms with Crippen molar-refractivity contribution < 1.29 is 19.1 Å². The molecule has 3 saturated carbocycles. The number of hydrogen-bond donors (Lipinski definition) is 1. The van der Waals surface area contributed by atoms with E-state index in [2.05, 4.69) is 54.9 Å². The van der Waals surface area contributed by atoms with Crippen LogP contribution in [-0.2, 0) is 19.1 Å². The van der Waals surface area contributed by atoms with Gasteiger partial charge in [-0.3, -0.25) is 14.4 Å². The number of ether oxygens (including phenoxy) is 1. The van der Waals surface area contributed by atoms with E-state index in [1.165, 1.54) is 13.3 Å². The molecule has 278 valence electrons. The highest BCUT2D eigenvalue weighted by Crippen LogP contribution is 2.69. The van der Waals surface area contributed by atoms with E-state index in [1.54, 1.807) is 0 Å². The second kappa shape index (κ2) is 22.5. The number of rotatable bonds is 6. The highest BCUT2D eigenvalue weighted by Gasteiger charge is 2.63. The summed E-state index contributed by atoms with van der Waals surface area (Å²) in [4.78, 5) is 37.8. The minimum absolute atomic E-state index is 0.0281. The van der Waals surface area contributed by atoms with Gasteiger partial charge in [0.1, 0.15) is 6.10 Å². The summed E-state index contributed by atoms with van der Waals surface area (Å²) in [6.07, 6.45) is 9.66. The predicted octanol–water partition coefficient (Wildman–Crippen LogP) is 11.4. The Labute approximate surface area is 295 Å². The summed E-state index contributed by atoms with van der Waals surface area (Å²) in [5, 5.41) is 0. The molecule has 0 bridgehead atoms. The van der Waals surface area contributed by atoms with Crippen LogP contribution in [0.2, 0.25) is 0 Å². The van der Waals surface area contributed by atoms with Crippen LogP contribution in [0.3, 0.4) is 0 Å². The van der Waals surface area contributed by atoms with Crippen LogP contribution in [0.1, 0.15) is 168 Å². The molecule has 8 atom stereocenters. The fourth-order valence-electron chi connectivity index (χ4n) is 9.25. The lowest BCUT2D eigenvalue weighted by Gasteiger charge is -2.61. The summed E-state index contributed by atoms with van der Waals surface area (Å²) in [5.41, 5.74) is 7.53. The van der Waals surface area contributed by atoms with Gasteiger partial charge in [0.15, 0.2) is 5.78 Å². The molecule has 0 aromatic rings. The fraction of sp³-hybridized carbons (Fsp3) is 0.878. The molecule has 0 saturated heterocycles.